The summed E-state index contributed by atoms with van der Waals surface area (Å²) in [5.41, 5.74) is 2.03. The maximum Gasteiger partial charge on any atom is 0.227 e. The summed E-state index contributed by atoms with van der Waals surface area (Å²) in [5.74, 6) is 1.23. The summed E-state index contributed by atoms with van der Waals surface area (Å²) in [6, 6.07) is 8.05. The first kappa shape index (κ1) is 15.8. The molecule has 1 aliphatic heterocycles. The molecule has 0 bridgehead atoms. The molecule has 0 aromatic heterocycles. The fourth-order valence-corrected chi connectivity index (χ4v) is 3.20. The Balaban J connectivity index is 1.54. The molecule has 1 saturated carbocycles. The molecule has 124 valence electrons. The molecule has 0 unspecified atom stereocenters. The van der Waals surface area contributed by atoms with Gasteiger partial charge in [-0.3, -0.25) is 9.79 Å². The molecule has 0 atom stereocenters. The lowest BCUT2D eigenvalue weighted by Crippen LogP contribution is -2.40. The van der Waals surface area contributed by atoms with Crippen LogP contribution in [0.3, 0.4) is 0 Å². The third-order valence-corrected chi connectivity index (χ3v) is 4.53. The Hall–Kier alpha value is -2.04. The van der Waals surface area contributed by atoms with E-state index < -0.39 is 0 Å². The molecular formula is C18H26N4O. The topological polar surface area (TPSA) is 65.5 Å². The van der Waals surface area contributed by atoms with Crippen LogP contribution in [0.15, 0.2) is 29.3 Å². The van der Waals surface area contributed by atoms with Crippen molar-refractivity contribution in [3.05, 3.63) is 29.8 Å². The number of carbonyl (C=O) groups is 1. The average molecular weight is 314 g/mol. The van der Waals surface area contributed by atoms with Crippen LogP contribution >= 0.6 is 0 Å². The number of carbonyl (C=O) groups excluding carboxylic acids is 1. The summed E-state index contributed by atoms with van der Waals surface area (Å²) in [6.07, 6.45) is 6.77. The molecule has 3 rings (SSSR count). The van der Waals surface area contributed by atoms with Gasteiger partial charge in [-0.15, -0.1) is 0 Å². The Kier molecular flexibility index (Phi) is 5.51. The van der Waals surface area contributed by atoms with E-state index in [4.69, 9.17) is 0 Å². The molecular weight excluding hydrogens is 288 g/mol. The zero-order valence-corrected chi connectivity index (χ0v) is 13.6. The van der Waals surface area contributed by atoms with Gasteiger partial charge >= 0.3 is 0 Å². The van der Waals surface area contributed by atoms with Gasteiger partial charge in [0.05, 0.1) is 0 Å². The lowest BCUT2D eigenvalue weighted by atomic mass is 9.88. The smallest absolute Gasteiger partial charge is 0.227 e. The van der Waals surface area contributed by atoms with Crippen molar-refractivity contribution >= 4 is 17.6 Å². The number of guanidine groups is 1. The summed E-state index contributed by atoms with van der Waals surface area (Å²) in [7, 11) is 0. The van der Waals surface area contributed by atoms with Crippen molar-refractivity contribution < 1.29 is 4.79 Å². The minimum Gasteiger partial charge on any atom is -0.356 e. The number of amides is 1. The van der Waals surface area contributed by atoms with Crippen LogP contribution < -0.4 is 16.0 Å². The highest BCUT2D eigenvalue weighted by Gasteiger charge is 2.20. The Morgan fingerprint density at radius 1 is 1.22 bits per heavy atom. The van der Waals surface area contributed by atoms with Crippen molar-refractivity contribution in [1.29, 1.82) is 0 Å². The molecule has 1 aliphatic carbocycles. The standard InChI is InChI=1S/C18H26N4O/c23-17(15-7-2-1-3-8-15)22-16-9-4-6-14(12-16)13-21-18-19-10-5-11-20-18/h4,6,9,12,15H,1-3,5,7-8,10-11,13H2,(H,22,23)(H2,19,20,21). The molecule has 1 fully saturated rings. The van der Waals surface area contributed by atoms with Crippen LogP contribution in [-0.4, -0.2) is 25.0 Å². The van der Waals surface area contributed by atoms with Gasteiger partial charge in [0, 0.05) is 31.2 Å². The number of hydrogen-bond acceptors (Lipinski definition) is 4. The third kappa shape index (κ3) is 4.71. The normalized spacial score (nSPS) is 18.7. The van der Waals surface area contributed by atoms with Gasteiger partial charge in [-0.2, -0.15) is 0 Å². The predicted molar refractivity (Wildman–Crippen MR) is 93.4 cm³/mol. The maximum absolute atomic E-state index is 12.3. The predicted octanol–water partition coefficient (Wildman–Crippen LogP) is 2.64. The maximum atomic E-state index is 12.3. The van der Waals surface area contributed by atoms with E-state index in [9.17, 15) is 4.79 Å². The molecule has 3 N–H and O–H groups in total. The molecule has 1 aromatic rings. The largest absolute Gasteiger partial charge is 0.356 e. The van der Waals surface area contributed by atoms with Gasteiger partial charge < -0.3 is 16.0 Å². The molecule has 1 aromatic carbocycles. The quantitative estimate of drug-likeness (QED) is 0.800. The summed E-state index contributed by atoms with van der Waals surface area (Å²) in [5, 5.41) is 9.63. The van der Waals surface area contributed by atoms with Crippen LogP contribution in [0, 0.1) is 5.92 Å². The second kappa shape index (κ2) is 7.99. The molecule has 0 radical (unpaired) electrons. The SMILES string of the molecule is O=C(Nc1cccc(CNC2=NCCCN2)c1)C1CCCCC1. The summed E-state index contributed by atoms with van der Waals surface area (Å²) < 4.78 is 0. The molecule has 5 heteroatoms. The number of nitrogens with one attached hydrogen (secondary N) is 3. The van der Waals surface area contributed by atoms with E-state index in [0.717, 1.165) is 49.6 Å². The number of nitrogens with zero attached hydrogens (tertiary/aromatic N) is 1. The van der Waals surface area contributed by atoms with Gasteiger partial charge in [-0.25, -0.2) is 0 Å². The molecule has 0 saturated heterocycles. The van der Waals surface area contributed by atoms with Gasteiger partial charge in [0.25, 0.3) is 0 Å². The molecule has 1 heterocycles. The van der Waals surface area contributed by atoms with Gasteiger partial charge in [0.2, 0.25) is 5.91 Å². The highest BCUT2D eigenvalue weighted by molar-refractivity contribution is 5.92. The van der Waals surface area contributed by atoms with Crippen LogP contribution in [0.5, 0.6) is 0 Å². The zero-order chi connectivity index (χ0) is 15.9. The minimum absolute atomic E-state index is 0.174. The molecule has 5 nitrogen and oxygen atoms in total. The van der Waals surface area contributed by atoms with Crippen LogP contribution in [0.25, 0.3) is 0 Å². The Bertz CT molecular complexity index is 564. The second-order valence-corrected chi connectivity index (χ2v) is 6.39. The third-order valence-electron chi connectivity index (χ3n) is 4.53. The van der Waals surface area contributed by atoms with E-state index in [1.54, 1.807) is 0 Å². The first-order valence-electron chi connectivity index (χ1n) is 8.73. The van der Waals surface area contributed by atoms with Gasteiger partial charge in [0.15, 0.2) is 5.96 Å². The zero-order valence-electron chi connectivity index (χ0n) is 13.6. The van der Waals surface area contributed by atoms with Crippen molar-refractivity contribution in [2.45, 2.75) is 45.1 Å². The highest BCUT2D eigenvalue weighted by Crippen LogP contribution is 2.25. The molecule has 1 amide bonds. The van der Waals surface area contributed by atoms with E-state index in [0.29, 0.717) is 6.54 Å². The van der Waals surface area contributed by atoms with E-state index >= 15 is 0 Å². The first-order valence-corrected chi connectivity index (χ1v) is 8.73. The van der Waals surface area contributed by atoms with E-state index in [1.807, 2.05) is 18.2 Å². The van der Waals surface area contributed by atoms with Crippen LogP contribution in [0.2, 0.25) is 0 Å². The number of benzene rings is 1. The summed E-state index contributed by atoms with van der Waals surface area (Å²) in [6.45, 7) is 2.56. The van der Waals surface area contributed by atoms with E-state index in [-0.39, 0.29) is 11.8 Å². The van der Waals surface area contributed by atoms with Gasteiger partial charge in [-0.05, 0) is 37.0 Å². The molecule has 2 aliphatic rings. The second-order valence-electron chi connectivity index (χ2n) is 6.39. The van der Waals surface area contributed by atoms with Crippen LogP contribution in [-0.2, 0) is 11.3 Å². The van der Waals surface area contributed by atoms with E-state index in [2.05, 4.69) is 27.0 Å². The highest BCUT2D eigenvalue weighted by atomic mass is 16.1. The number of anilines is 1. The van der Waals surface area contributed by atoms with E-state index in [1.165, 1.54) is 19.3 Å². The van der Waals surface area contributed by atoms with Crippen LogP contribution in [0.4, 0.5) is 5.69 Å². The Labute approximate surface area is 138 Å². The van der Waals surface area contributed by atoms with Crippen molar-refractivity contribution in [1.82, 2.24) is 10.6 Å². The summed E-state index contributed by atoms with van der Waals surface area (Å²) >= 11 is 0. The van der Waals surface area contributed by atoms with Crippen LogP contribution in [0.1, 0.15) is 44.1 Å². The lowest BCUT2D eigenvalue weighted by molar-refractivity contribution is -0.120. The number of hydrogen-bond donors (Lipinski definition) is 3. The van der Waals surface area contributed by atoms with Crippen molar-refractivity contribution in [3.63, 3.8) is 0 Å². The fourth-order valence-electron chi connectivity index (χ4n) is 3.20. The van der Waals surface area contributed by atoms with Gasteiger partial charge in [0.1, 0.15) is 0 Å². The van der Waals surface area contributed by atoms with Crippen molar-refractivity contribution in [2.75, 3.05) is 18.4 Å². The first-order chi connectivity index (χ1) is 11.3. The molecule has 0 spiro atoms. The Morgan fingerprint density at radius 2 is 2.09 bits per heavy atom. The minimum atomic E-state index is 0.174. The van der Waals surface area contributed by atoms with Crippen molar-refractivity contribution in [2.24, 2.45) is 10.9 Å². The number of rotatable bonds is 4. The van der Waals surface area contributed by atoms with Crippen molar-refractivity contribution in [3.8, 4) is 0 Å². The Morgan fingerprint density at radius 3 is 2.87 bits per heavy atom. The lowest BCUT2D eigenvalue weighted by Gasteiger charge is -2.21. The monoisotopic (exact) mass is 314 g/mol. The average Bonchev–Trinajstić information content (AvgIpc) is 2.62. The number of aliphatic imine (C=N–C) groups is 1. The molecule has 23 heavy (non-hydrogen) atoms. The summed E-state index contributed by atoms with van der Waals surface area (Å²) in [4.78, 5) is 16.7. The fraction of sp³-hybridized carbons (Fsp3) is 0.556. The van der Waals surface area contributed by atoms with Gasteiger partial charge in [-0.1, -0.05) is 31.4 Å².